The minimum Gasteiger partial charge on any atom is -0.427 e. The van der Waals surface area contributed by atoms with Crippen molar-refractivity contribution in [2.45, 2.75) is 46.3 Å². The highest BCUT2D eigenvalue weighted by Crippen LogP contribution is 2.50. The van der Waals surface area contributed by atoms with E-state index in [1.807, 2.05) is 91.0 Å². The van der Waals surface area contributed by atoms with E-state index in [1.165, 1.54) is 36.1 Å². The zero-order chi connectivity index (χ0) is 36.9. The van der Waals surface area contributed by atoms with E-state index in [4.69, 9.17) is 15.2 Å². The molecule has 5 rings (SSSR count). The van der Waals surface area contributed by atoms with Crippen LogP contribution in [-0.4, -0.2) is 63.9 Å². The monoisotopic (exact) mass is 708 g/mol. The smallest absolute Gasteiger partial charge is 0.358 e. The number of ether oxygens (including phenoxy) is 2. The number of hydrogen-bond donors (Lipinski definition) is 2. The van der Waals surface area contributed by atoms with Crippen molar-refractivity contribution in [2.75, 3.05) is 6.79 Å². The Hall–Kier alpha value is -5.31. The summed E-state index contributed by atoms with van der Waals surface area (Å²) in [5.74, 6) is -4.27. The van der Waals surface area contributed by atoms with E-state index in [-0.39, 0.29) is 23.0 Å². The van der Waals surface area contributed by atoms with Gasteiger partial charge in [0.1, 0.15) is 5.42 Å². The molecule has 0 aliphatic carbocycles. The maximum Gasteiger partial charge on any atom is 0.358 e. The Bertz CT molecular complexity index is 1890. The summed E-state index contributed by atoms with van der Waals surface area (Å²) >= 11 is 0. The standard InChI is InChI=1S/C40H41N2O8P/c1-26(43)34-32(24-33(44)27-15-14-16-28(23-27)35(41)45)42(36(34)46)37(38(47)49-25-50-39(48)40(2,3)4)51(29-17-8-5-9-18-29,30-19-10-6-11-20-30)31-21-12-7-13-22-31/h5-23,26,32,34,43H,24-25H2,1-4H3,(H2,41,45). The molecule has 4 aromatic carbocycles. The largest absolute Gasteiger partial charge is 0.427 e. The van der Waals surface area contributed by atoms with Crippen LogP contribution >= 0.6 is 6.89 Å². The van der Waals surface area contributed by atoms with Gasteiger partial charge in [-0.3, -0.25) is 19.2 Å². The molecule has 3 N–H and O–H groups in total. The Morgan fingerprint density at radius 2 is 1.27 bits per heavy atom. The molecule has 0 spiro atoms. The van der Waals surface area contributed by atoms with Crippen molar-refractivity contribution in [3.8, 4) is 0 Å². The zero-order valence-electron chi connectivity index (χ0n) is 28.9. The summed E-state index contributed by atoms with van der Waals surface area (Å²) in [5.41, 5.74) is 4.88. The number of aliphatic hydroxyl groups excluding tert-OH is 1. The minimum atomic E-state index is -3.35. The van der Waals surface area contributed by atoms with E-state index < -0.39 is 66.7 Å². The first kappa shape index (κ1) is 37.0. The number of rotatable bonds is 12. The lowest BCUT2D eigenvalue weighted by atomic mass is 9.79. The number of nitrogens with two attached hydrogens (primary N) is 1. The third-order valence-corrected chi connectivity index (χ3v) is 13.1. The number of primary amides is 1. The Labute approximate surface area is 297 Å². The molecule has 264 valence electrons. The van der Waals surface area contributed by atoms with E-state index >= 15 is 0 Å². The number of ketones is 1. The van der Waals surface area contributed by atoms with Crippen molar-refractivity contribution in [3.05, 3.63) is 126 Å². The molecule has 1 fully saturated rings. The van der Waals surface area contributed by atoms with Gasteiger partial charge in [-0.1, -0.05) is 103 Å². The summed E-state index contributed by atoms with van der Waals surface area (Å²) in [7, 11) is 0. The van der Waals surface area contributed by atoms with Crippen LogP contribution in [0.25, 0.3) is 0 Å². The van der Waals surface area contributed by atoms with Crippen molar-refractivity contribution in [2.24, 2.45) is 17.1 Å². The highest BCUT2D eigenvalue weighted by Gasteiger charge is 2.55. The van der Waals surface area contributed by atoms with Crippen LogP contribution in [0.3, 0.4) is 0 Å². The maximum atomic E-state index is 14.8. The molecule has 1 saturated heterocycles. The predicted molar refractivity (Wildman–Crippen MR) is 196 cm³/mol. The first-order valence-electron chi connectivity index (χ1n) is 16.5. The molecular formula is C40H41N2O8P. The SMILES string of the molecule is CC(O)C1C(=O)N(C(C(=O)OCOC(=O)C(C)(C)C)=P(c2ccccc2)(c2ccccc2)c2ccccc2)C1CC(=O)c1cccc(C(N)=O)c1. The van der Waals surface area contributed by atoms with Crippen LogP contribution in [0.1, 0.15) is 54.8 Å². The van der Waals surface area contributed by atoms with Gasteiger partial charge in [0.15, 0.2) is 5.78 Å². The van der Waals surface area contributed by atoms with Crippen LogP contribution in [0.5, 0.6) is 0 Å². The second-order valence-corrected chi connectivity index (χ2v) is 16.7. The third-order valence-electron chi connectivity index (χ3n) is 8.80. The van der Waals surface area contributed by atoms with E-state index in [0.29, 0.717) is 15.9 Å². The number of β-lactam (4-membered cyclic amide) rings is 1. The molecule has 4 aromatic rings. The van der Waals surface area contributed by atoms with Gasteiger partial charge in [0.2, 0.25) is 18.6 Å². The summed E-state index contributed by atoms with van der Waals surface area (Å²) in [5, 5.41) is 13.0. The van der Waals surface area contributed by atoms with Crippen molar-refractivity contribution >= 4 is 57.8 Å². The molecule has 1 aliphatic heterocycles. The van der Waals surface area contributed by atoms with E-state index in [9.17, 15) is 29.1 Å². The van der Waals surface area contributed by atoms with Crippen LogP contribution in [-0.2, 0) is 23.9 Å². The Balaban J connectivity index is 1.79. The van der Waals surface area contributed by atoms with Crippen LogP contribution in [0.2, 0.25) is 0 Å². The van der Waals surface area contributed by atoms with Crippen molar-refractivity contribution in [1.82, 2.24) is 4.90 Å². The molecule has 3 unspecified atom stereocenters. The van der Waals surface area contributed by atoms with Gasteiger partial charge >= 0.3 is 11.9 Å². The lowest BCUT2D eigenvalue weighted by Gasteiger charge is -2.50. The summed E-state index contributed by atoms with van der Waals surface area (Å²) < 4.78 is 11.1. The maximum absolute atomic E-state index is 14.8. The molecule has 2 amide bonds. The van der Waals surface area contributed by atoms with E-state index in [2.05, 4.69) is 0 Å². The Kier molecular flexibility index (Phi) is 11.1. The van der Waals surface area contributed by atoms with Gasteiger partial charge in [-0.15, -0.1) is 0 Å². The zero-order valence-corrected chi connectivity index (χ0v) is 29.8. The highest BCUT2D eigenvalue weighted by molar-refractivity contribution is 7.96. The molecule has 1 heterocycles. The summed E-state index contributed by atoms with van der Waals surface area (Å²) in [6, 6.07) is 32.8. The number of benzene rings is 4. The average Bonchev–Trinajstić information content (AvgIpc) is 3.12. The lowest BCUT2D eigenvalue weighted by molar-refractivity contribution is -0.171. The van der Waals surface area contributed by atoms with Gasteiger partial charge in [0.05, 0.1) is 23.5 Å². The molecular weight excluding hydrogens is 667 g/mol. The number of hydrogen-bond acceptors (Lipinski definition) is 8. The van der Waals surface area contributed by atoms with Crippen LogP contribution in [0, 0.1) is 11.3 Å². The first-order chi connectivity index (χ1) is 24.3. The fourth-order valence-corrected chi connectivity index (χ4v) is 10.7. The number of nitrogens with zero attached hydrogens (tertiary/aromatic N) is 1. The molecule has 11 heteroatoms. The third kappa shape index (κ3) is 7.43. The van der Waals surface area contributed by atoms with Gasteiger partial charge in [-0.05, 0) is 55.7 Å². The number of esters is 2. The second-order valence-electron chi connectivity index (χ2n) is 13.3. The van der Waals surface area contributed by atoms with Crippen molar-refractivity contribution in [1.29, 1.82) is 0 Å². The van der Waals surface area contributed by atoms with Crippen molar-refractivity contribution in [3.63, 3.8) is 0 Å². The number of amides is 2. The van der Waals surface area contributed by atoms with Gasteiger partial charge in [-0.2, -0.15) is 0 Å². The van der Waals surface area contributed by atoms with Gasteiger partial charge in [0.25, 0.3) is 0 Å². The van der Waals surface area contributed by atoms with Crippen molar-refractivity contribution < 1.29 is 38.6 Å². The minimum absolute atomic E-state index is 0.0384. The second kappa shape index (κ2) is 15.3. The fourth-order valence-electron chi connectivity index (χ4n) is 6.31. The molecule has 51 heavy (non-hydrogen) atoms. The summed E-state index contributed by atoms with van der Waals surface area (Å²) in [6.07, 6.45) is -1.47. The van der Waals surface area contributed by atoms with Gasteiger partial charge in [0, 0.05) is 24.4 Å². The number of Topliss-reactive ketones (excluding diaryl/α,β-unsaturated/α-hetero) is 1. The molecule has 3 atom stereocenters. The van der Waals surface area contributed by atoms with Crippen LogP contribution in [0.4, 0.5) is 0 Å². The van der Waals surface area contributed by atoms with E-state index in [0.717, 1.165) is 0 Å². The van der Waals surface area contributed by atoms with Crippen LogP contribution in [0.15, 0.2) is 115 Å². The molecule has 0 aromatic heterocycles. The molecule has 0 bridgehead atoms. The van der Waals surface area contributed by atoms with Gasteiger partial charge < -0.3 is 25.2 Å². The normalized spacial score (nSPS) is 16.4. The number of likely N-dealkylation sites (tertiary alicyclic amines) is 1. The number of carbonyl (C=O) groups excluding carboxylic acids is 5. The first-order valence-corrected chi connectivity index (χ1v) is 18.3. The number of aliphatic hydroxyl groups is 1. The van der Waals surface area contributed by atoms with Crippen LogP contribution < -0.4 is 21.6 Å². The predicted octanol–water partition coefficient (Wildman–Crippen LogP) is 3.78. The fraction of sp³-hybridized carbons (Fsp3) is 0.250. The Morgan fingerprint density at radius 1 is 0.784 bits per heavy atom. The molecule has 0 saturated carbocycles. The highest BCUT2D eigenvalue weighted by atomic mass is 31.2. The molecule has 1 aliphatic rings. The Morgan fingerprint density at radius 3 is 1.73 bits per heavy atom. The molecule has 10 nitrogen and oxygen atoms in total. The topological polar surface area (TPSA) is 153 Å². The summed E-state index contributed by atoms with van der Waals surface area (Å²) in [4.78, 5) is 68.9. The van der Waals surface area contributed by atoms with Gasteiger partial charge in [-0.25, -0.2) is 4.79 Å². The quantitative estimate of drug-likeness (QED) is 0.0742. The lowest BCUT2D eigenvalue weighted by Crippen LogP contribution is -2.68. The number of carbonyl (C=O) groups is 5. The molecule has 0 radical (unpaired) electrons. The van der Waals surface area contributed by atoms with E-state index in [1.54, 1.807) is 20.8 Å². The average molecular weight is 709 g/mol. The summed E-state index contributed by atoms with van der Waals surface area (Å²) in [6.45, 7) is 2.39.